The second-order valence-corrected chi connectivity index (χ2v) is 5.66. The minimum Gasteiger partial charge on any atom is -0.476 e. The summed E-state index contributed by atoms with van der Waals surface area (Å²) in [7, 11) is 0. The Balaban J connectivity index is 1.68. The third-order valence-electron chi connectivity index (χ3n) is 3.79. The number of benzene rings is 1. The molecule has 0 amide bonds. The number of hydrogen-bond donors (Lipinski definition) is 1. The minimum absolute atomic E-state index is 0.110. The maximum atomic E-state index is 5.70. The summed E-state index contributed by atoms with van der Waals surface area (Å²) in [6.07, 6.45) is 5.34. The summed E-state index contributed by atoms with van der Waals surface area (Å²) in [4.78, 5) is 17.2. The van der Waals surface area contributed by atoms with Gasteiger partial charge in [-0.3, -0.25) is 4.68 Å². The topological polar surface area (TPSA) is 105 Å². The van der Waals surface area contributed by atoms with E-state index in [-0.39, 0.29) is 5.95 Å². The van der Waals surface area contributed by atoms with Gasteiger partial charge >= 0.3 is 0 Å². The van der Waals surface area contributed by atoms with E-state index in [2.05, 4.69) is 37.2 Å². The Morgan fingerprint density at radius 1 is 1.08 bits per heavy atom. The Bertz CT molecular complexity index is 1050. The Hall–Kier alpha value is -3.55. The van der Waals surface area contributed by atoms with Crippen LogP contribution in [-0.2, 0) is 6.54 Å². The Morgan fingerprint density at radius 3 is 2.73 bits per heavy atom. The Kier molecular flexibility index (Phi) is 4.14. The summed E-state index contributed by atoms with van der Waals surface area (Å²) in [5.74, 6) is 0.444. The number of anilines is 1. The van der Waals surface area contributed by atoms with Crippen molar-refractivity contribution in [1.29, 1.82) is 0 Å². The number of nitrogens with two attached hydrogens (primary N) is 1. The lowest BCUT2D eigenvalue weighted by Crippen LogP contribution is -2.04. The number of hydrogen-bond acceptors (Lipinski definition) is 7. The van der Waals surface area contributed by atoms with Gasteiger partial charge in [0.05, 0.1) is 31.2 Å². The normalized spacial score (nSPS) is 11.0. The third-order valence-corrected chi connectivity index (χ3v) is 3.79. The van der Waals surface area contributed by atoms with Gasteiger partial charge in [-0.1, -0.05) is 30.3 Å². The van der Waals surface area contributed by atoms with Crippen LogP contribution < -0.4 is 10.5 Å². The SMILES string of the molecule is CCOc1nc(N)nc2ncc(-c3cnn(Cc4ccccc4)c3)nc12. The summed E-state index contributed by atoms with van der Waals surface area (Å²) >= 11 is 0. The molecule has 4 aromatic rings. The lowest BCUT2D eigenvalue weighted by atomic mass is 10.2. The average molecular weight is 347 g/mol. The largest absolute Gasteiger partial charge is 0.476 e. The van der Waals surface area contributed by atoms with Crippen molar-refractivity contribution in [3.8, 4) is 17.1 Å². The number of nitrogens with zero attached hydrogens (tertiary/aromatic N) is 6. The van der Waals surface area contributed by atoms with Gasteiger partial charge in [-0.2, -0.15) is 15.1 Å². The van der Waals surface area contributed by atoms with Crippen LogP contribution in [0.1, 0.15) is 12.5 Å². The fourth-order valence-corrected chi connectivity index (χ4v) is 2.63. The number of rotatable bonds is 5. The van der Waals surface area contributed by atoms with Crippen molar-refractivity contribution in [2.75, 3.05) is 12.3 Å². The van der Waals surface area contributed by atoms with Crippen LogP contribution in [-0.4, -0.2) is 36.3 Å². The molecule has 0 spiro atoms. The first-order chi connectivity index (χ1) is 12.7. The van der Waals surface area contributed by atoms with Crippen molar-refractivity contribution < 1.29 is 4.74 Å². The lowest BCUT2D eigenvalue weighted by Gasteiger charge is -2.06. The highest BCUT2D eigenvalue weighted by Gasteiger charge is 2.13. The first-order valence-corrected chi connectivity index (χ1v) is 8.22. The molecule has 0 aliphatic rings. The van der Waals surface area contributed by atoms with E-state index in [1.165, 1.54) is 5.56 Å². The van der Waals surface area contributed by atoms with Gasteiger partial charge in [0, 0.05) is 11.8 Å². The van der Waals surface area contributed by atoms with Crippen molar-refractivity contribution in [3.63, 3.8) is 0 Å². The predicted octanol–water partition coefficient (Wildman–Crippen LogP) is 2.31. The molecule has 0 fully saturated rings. The highest BCUT2D eigenvalue weighted by Crippen LogP contribution is 2.24. The molecule has 0 bridgehead atoms. The molecule has 8 nitrogen and oxygen atoms in total. The predicted molar refractivity (Wildman–Crippen MR) is 97.5 cm³/mol. The molecule has 0 atom stereocenters. The second-order valence-electron chi connectivity index (χ2n) is 5.66. The van der Waals surface area contributed by atoms with Crippen molar-refractivity contribution in [2.45, 2.75) is 13.5 Å². The van der Waals surface area contributed by atoms with Crippen molar-refractivity contribution >= 4 is 17.1 Å². The molecular formula is C18H17N7O. The molecule has 4 rings (SSSR count). The van der Waals surface area contributed by atoms with Crippen LogP contribution in [0.15, 0.2) is 48.9 Å². The zero-order chi connectivity index (χ0) is 17.9. The smallest absolute Gasteiger partial charge is 0.247 e. The van der Waals surface area contributed by atoms with E-state index in [0.717, 1.165) is 5.56 Å². The summed E-state index contributed by atoms with van der Waals surface area (Å²) < 4.78 is 7.38. The van der Waals surface area contributed by atoms with Gasteiger partial charge in [-0.25, -0.2) is 9.97 Å². The average Bonchev–Trinajstić information content (AvgIpc) is 3.11. The van der Waals surface area contributed by atoms with Crippen LogP contribution in [0.25, 0.3) is 22.4 Å². The summed E-state index contributed by atoms with van der Waals surface area (Å²) in [5, 5.41) is 4.41. The Morgan fingerprint density at radius 2 is 1.92 bits per heavy atom. The monoisotopic (exact) mass is 347 g/mol. The van der Waals surface area contributed by atoms with Crippen LogP contribution in [0, 0.1) is 0 Å². The zero-order valence-corrected chi connectivity index (χ0v) is 14.2. The summed E-state index contributed by atoms with van der Waals surface area (Å²) in [5.41, 5.74) is 9.29. The molecule has 3 heterocycles. The van der Waals surface area contributed by atoms with Gasteiger partial charge < -0.3 is 10.5 Å². The molecule has 0 radical (unpaired) electrons. The molecule has 0 aliphatic carbocycles. The molecule has 0 saturated carbocycles. The number of aromatic nitrogens is 6. The molecule has 130 valence electrons. The molecule has 0 unspecified atom stereocenters. The van der Waals surface area contributed by atoms with E-state index >= 15 is 0 Å². The van der Waals surface area contributed by atoms with Crippen LogP contribution in [0.3, 0.4) is 0 Å². The quantitative estimate of drug-likeness (QED) is 0.590. The molecule has 3 aromatic heterocycles. The Labute approximate surface area is 149 Å². The van der Waals surface area contributed by atoms with E-state index in [1.54, 1.807) is 12.4 Å². The standard InChI is InChI=1S/C18H17N7O/c1-2-26-17-15-16(23-18(19)24-17)20-9-14(22-15)13-8-21-25(11-13)10-12-6-4-3-5-7-12/h3-9,11H,2,10H2,1H3,(H2,19,20,23,24). The molecule has 8 heteroatoms. The molecular weight excluding hydrogens is 330 g/mol. The highest BCUT2D eigenvalue weighted by molar-refractivity contribution is 5.79. The van der Waals surface area contributed by atoms with Gasteiger partial charge in [0.2, 0.25) is 11.8 Å². The van der Waals surface area contributed by atoms with Crippen LogP contribution in [0.4, 0.5) is 5.95 Å². The molecule has 2 N–H and O–H groups in total. The maximum Gasteiger partial charge on any atom is 0.247 e. The van der Waals surface area contributed by atoms with Crippen LogP contribution in [0.2, 0.25) is 0 Å². The van der Waals surface area contributed by atoms with Gasteiger partial charge in [0.25, 0.3) is 0 Å². The minimum atomic E-state index is 0.110. The van der Waals surface area contributed by atoms with Crippen LogP contribution >= 0.6 is 0 Å². The number of nitrogen functional groups attached to an aromatic ring is 1. The van der Waals surface area contributed by atoms with Crippen molar-refractivity contribution in [1.82, 2.24) is 29.7 Å². The molecule has 0 saturated heterocycles. The van der Waals surface area contributed by atoms with Crippen LogP contribution in [0.5, 0.6) is 5.88 Å². The molecule has 26 heavy (non-hydrogen) atoms. The van der Waals surface area contributed by atoms with Gasteiger partial charge in [-0.05, 0) is 12.5 Å². The number of ether oxygens (including phenoxy) is 1. The highest BCUT2D eigenvalue weighted by atomic mass is 16.5. The third kappa shape index (κ3) is 3.16. The molecule has 1 aromatic carbocycles. The van der Waals surface area contributed by atoms with E-state index in [9.17, 15) is 0 Å². The fraction of sp³-hybridized carbons (Fsp3) is 0.167. The van der Waals surface area contributed by atoms with E-state index in [0.29, 0.717) is 35.9 Å². The van der Waals surface area contributed by atoms with Gasteiger partial charge in [0.1, 0.15) is 0 Å². The summed E-state index contributed by atoms with van der Waals surface area (Å²) in [6, 6.07) is 10.1. The van der Waals surface area contributed by atoms with E-state index in [1.807, 2.05) is 36.0 Å². The zero-order valence-electron chi connectivity index (χ0n) is 14.2. The van der Waals surface area contributed by atoms with Crippen molar-refractivity contribution in [2.24, 2.45) is 0 Å². The van der Waals surface area contributed by atoms with Gasteiger partial charge in [0.15, 0.2) is 11.2 Å². The molecule has 0 aliphatic heterocycles. The van der Waals surface area contributed by atoms with E-state index in [4.69, 9.17) is 10.5 Å². The maximum absolute atomic E-state index is 5.70. The first kappa shape index (κ1) is 15.9. The second kappa shape index (κ2) is 6.75. The lowest BCUT2D eigenvalue weighted by molar-refractivity contribution is 0.330. The van der Waals surface area contributed by atoms with E-state index < -0.39 is 0 Å². The number of fused-ring (bicyclic) bond motifs is 1. The van der Waals surface area contributed by atoms with Gasteiger partial charge in [-0.15, -0.1) is 0 Å². The van der Waals surface area contributed by atoms with Crippen molar-refractivity contribution in [3.05, 3.63) is 54.5 Å². The summed E-state index contributed by atoms with van der Waals surface area (Å²) in [6.45, 7) is 3.01. The fourth-order valence-electron chi connectivity index (χ4n) is 2.63. The first-order valence-electron chi connectivity index (χ1n) is 8.22.